The summed E-state index contributed by atoms with van der Waals surface area (Å²) < 4.78 is 14.4. The maximum atomic E-state index is 14.4. The third-order valence-corrected chi connectivity index (χ3v) is 7.27. The van der Waals surface area contributed by atoms with Crippen LogP contribution in [0.15, 0.2) is 30.6 Å². The monoisotopic (exact) mass is 487 g/mol. The van der Waals surface area contributed by atoms with Gasteiger partial charge in [-0.25, -0.2) is 29.3 Å². The van der Waals surface area contributed by atoms with E-state index in [9.17, 15) is 9.60 Å². The normalized spacial score (nSPS) is 24.5. The number of halogens is 3. The van der Waals surface area contributed by atoms with Crippen molar-refractivity contribution >= 4 is 28.9 Å². The number of nitrogens with zero attached hydrogens (tertiary/aromatic N) is 6. The fourth-order valence-electron chi connectivity index (χ4n) is 5.20. The van der Waals surface area contributed by atoms with Gasteiger partial charge in [0.25, 0.3) is 0 Å². The molecule has 0 N–H and O–H groups in total. The zero-order valence-electron chi connectivity index (χ0n) is 18.3. The third kappa shape index (κ3) is 3.65. The number of benzene rings is 1. The van der Waals surface area contributed by atoms with Crippen LogP contribution in [0.4, 0.5) is 10.1 Å². The summed E-state index contributed by atoms with van der Waals surface area (Å²) in [6.07, 6.45) is 4.84. The first-order chi connectivity index (χ1) is 15.8. The lowest BCUT2D eigenvalue weighted by atomic mass is 9.73. The first kappa shape index (κ1) is 22.4. The van der Waals surface area contributed by atoms with Crippen molar-refractivity contribution in [2.45, 2.75) is 45.7 Å². The van der Waals surface area contributed by atoms with Gasteiger partial charge in [0.15, 0.2) is 11.6 Å². The molecule has 1 saturated heterocycles. The smallest absolute Gasteiger partial charge is 0.178 e. The van der Waals surface area contributed by atoms with Crippen molar-refractivity contribution in [1.29, 1.82) is 0 Å². The molecule has 5 rings (SSSR count). The third-order valence-electron chi connectivity index (χ3n) is 6.62. The molecule has 2 bridgehead atoms. The van der Waals surface area contributed by atoms with E-state index in [1.165, 1.54) is 12.1 Å². The number of hydrogen-bond donors (Lipinski definition) is 0. The lowest BCUT2D eigenvalue weighted by molar-refractivity contribution is -0.00692. The highest BCUT2D eigenvalue weighted by atomic mass is 35.5. The van der Waals surface area contributed by atoms with Crippen molar-refractivity contribution in [3.8, 4) is 11.5 Å². The predicted octanol–water partition coefficient (Wildman–Crippen LogP) is 5.55. The molecule has 3 aromatic rings. The number of fused-ring (bicyclic) bond motifs is 4. The van der Waals surface area contributed by atoms with E-state index >= 15 is 0 Å². The van der Waals surface area contributed by atoms with Gasteiger partial charge in [0.1, 0.15) is 16.5 Å². The van der Waals surface area contributed by atoms with Gasteiger partial charge in [-0.2, -0.15) is 0 Å². The first-order valence-corrected chi connectivity index (χ1v) is 11.6. The second-order valence-electron chi connectivity index (χ2n) is 8.81. The number of hydrogen-bond acceptors (Lipinski definition) is 7. The lowest BCUT2D eigenvalue weighted by Crippen LogP contribution is -2.59. The molecule has 1 aromatic carbocycles. The van der Waals surface area contributed by atoms with E-state index in [0.717, 1.165) is 22.9 Å². The van der Waals surface area contributed by atoms with Gasteiger partial charge in [0.05, 0.1) is 22.4 Å². The molecule has 0 radical (unpaired) electrons. The van der Waals surface area contributed by atoms with Gasteiger partial charge in [-0.05, 0) is 49.8 Å². The molecule has 2 aromatic heterocycles. The zero-order chi connectivity index (χ0) is 23.4. The van der Waals surface area contributed by atoms with Crippen LogP contribution >= 0.6 is 23.2 Å². The fourth-order valence-corrected chi connectivity index (χ4v) is 5.65. The van der Waals surface area contributed by atoms with Crippen molar-refractivity contribution in [1.82, 2.24) is 24.9 Å². The Kier molecular flexibility index (Phi) is 5.73. The minimum Gasteiger partial charge on any atom is -0.743 e. The molecule has 4 heterocycles. The van der Waals surface area contributed by atoms with Crippen LogP contribution < -0.4 is 5.17 Å². The van der Waals surface area contributed by atoms with Crippen molar-refractivity contribution < 1.29 is 4.39 Å². The molecular formula is C23H22Cl2FN6O-. The SMILES string of the molecule is Cc1nc(-c2ncccn2)c2c(n1)[C@H]1[C@H](C)C[C@H](C)[C@@H](C2)N1N([O-])c1ccc(Cl)c(F)c1Cl. The summed E-state index contributed by atoms with van der Waals surface area (Å²) in [6.45, 7) is 6.05. The summed E-state index contributed by atoms with van der Waals surface area (Å²) in [5, 5.41) is 15.8. The molecule has 0 amide bonds. The van der Waals surface area contributed by atoms with Crippen LogP contribution in [0, 0.1) is 29.8 Å². The minimum atomic E-state index is -0.804. The summed E-state index contributed by atoms with van der Waals surface area (Å²) in [4.78, 5) is 18.2. The van der Waals surface area contributed by atoms with Crippen molar-refractivity contribution in [3.63, 3.8) is 0 Å². The second kappa shape index (κ2) is 8.43. The van der Waals surface area contributed by atoms with Crippen LogP contribution in [0.1, 0.15) is 43.4 Å². The fraction of sp³-hybridized carbons (Fsp3) is 0.391. The molecule has 0 aliphatic carbocycles. The van der Waals surface area contributed by atoms with Gasteiger partial charge in [-0.1, -0.05) is 37.0 Å². The summed E-state index contributed by atoms with van der Waals surface area (Å²) in [5.74, 6) is 0.618. The summed E-state index contributed by atoms with van der Waals surface area (Å²) in [7, 11) is 0. The molecular weight excluding hydrogens is 466 g/mol. The van der Waals surface area contributed by atoms with Crippen LogP contribution in [0.25, 0.3) is 11.5 Å². The average Bonchev–Trinajstić information content (AvgIpc) is 2.80. The van der Waals surface area contributed by atoms with Crippen LogP contribution in [-0.2, 0) is 6.42 Å². The number of aromatic nitrogens is 4. The molecule has 10 heteroatoms. The lowest BCUT2D eigenvalue weighted by Gasteiger charge is -2.58. The van der Waals surface area contributed by atoms with Gasteiger partial charge >= 0.3 is 0 Å². The van der Waals surface area contributed by atoms with E-state index < -0.39 is 5.82 Å². The molecule has 2 aliphatic heterocycles. The van der Waals surface area contributed by atoms with Gasteiger partial charge in [0.2, 0.25) is 0 Å². The summed E-state index contributed by atoms with van der Waals surface area (Å²) in [5.41, 5.74) is 2.46. The number of hydrazine groups is 1. The van der Waals surface area contributed by atoms with Crippen molar-refractivity contribution in [2.24, 2.45) is 11.8 Å². The maximum absolute atomic E-state index is 14.4. The largest absolute Gasteiger partial charge is 0.743 e. The highest BCUT2D eigenvalue weighted by molar-refractivity contribution is 6.36. The number of aryl methyl sites for hydroxylation is 1. The van der Waals surface area contributed by atoms with Crippen LogP contribution in [0.5, 0.6) is 0 Å². The number of piperidine rings is 1. The van der Waals surface area contributed by atoms with E-state index in [4.69, 9.17) is 28.2 Å². The summed E-state index contributed by atoms with van der Waals surface area (Å²) >= 11 is 12.1. The van der Waals surface area contributed by atoms with E-state index in [1.54, 1.807) is 23.5 Å². The number of rotatable bonds is 3. The molecule has 2 aliphatic rings. The Morgan fingerprint density at radius 2 is 1.85 bits per heavy atom. The summed E-state index contributed by atoms with van der Waals surface area (Å²) in [6, 6.07) is 4.08. The van der Waals surface area contributed by atoms with Crippen molar-refractivity contribution in [2.75, 3.05) is 5.17 Å². The molecule has 172 valence electrons. The molecule has 0 spiro atoms. The van der Waals surface area contributed by atoms with Crippen molar-refractivity contribution in [3.05, 3.63) is 68.7 Å². The van der Waals surface area contributed by atoms with E-state index in [1.807, 2.05) is 6.92 Å². The minimum absolute atomic E-state index is 0.0238. The van der Waals surface area contributed by atoms with E-state index in [-0.39, 0.29) is 39.7 Å². The highest BCUT2D eigenvalue weighted by Gasteiger charge is 2.47. The predicted molar refractivity (Wildman–Crippen MR) is 125 cm³/mol. The van der Waals surface area contributed by atoms with Gasteiger partial charge < -0.3 is 10.4 Å². The first-order valence-electron chi connectivity index (χ1n) is 10.8. The molecule has 1 fully saturated rings. The van der Waals surface area contributed by atoms with E-state index in [2.05, 4.69) is 28.8 Å². The molecule has 7 nitrogen and oxygen atoms in total. The molecule has 0 saturated carbocycles. The standard InChI is InChI=1S/C23H22Cl2FN6O/c1-11-9-12(2)22-20-14(21(30-13(3)29-20)23-27-7-4-8-28-23)10-17(11)31(22)32(33)16-6-5-15(24)19(26)18(16)25/h4-8,11-12,17,22H,9-10H2,1-3H3/q-1/t11-,12+,17+,22+/m0/s1. The Bertz CT molecular complexity index is 1210. The van der Waals surface area contributed by atoms with Crippen LogP contribution in [0.3, 0.4) is 0 Å². The molecule has 0 unspecified atom stereocenters. The van der Waals surface area contributed by atoms with Crippen LogP contribution in [-0.4, -0.2) is 31.0 Å². The molecule has 4 atom stereocenters. The average molecular weight is 488 g/mol. The van der Waals surface area contributed by atoms with E-state index in [0.29, 0.717) is 23.8 Å². The zero-order valence-corrected chi connectivity index (χ0v) is 19.8. The Labute approximate surface area is 201 Å². The Hall–Kier alpha value is -2.39. The quantitative estimate of drug-likeness (QED) is 0.353. The molecule has 33 heavy (non-hydrogen) atoms. The Morgan fingerprint density at radius 1 is 1.12 bits per heavy atom. The van der Waals surface area contributed by atoms with Gasteiger partial charge in [0, 0.05) is 24.0 Å². The number of anilines is 1. The Balaban J connectivity index is 1.67. The highest BCUT2D eigenvalue weighted by Crippen LogP contribution is 2.50. The topological polar surface area (TPSA) is 81.1 Å². The van der Waals surface area contributed by atoms with Gasteiger partial charge in [-0.3, -0.25) is 0 Å². The second-order valence-corrected chi connectivity index (χ2v) is 9.59. The van der Waals surface area contributed by atoms with Crippen LogP contribution in [0.2, 0.25) is 10.0 Å². The Morgan fingerprint density at radius 3 is 2.58 bits per heavy atom. The maximum Gasteiger partial charge on any atom is 0.178 e. The van der Waals surface area contributed by atoms with Gasteiger partial charge in [-0.15, -0.1) is 0 Å².